The van der Waals surface area contributed by atoms with Gasteiger partial charge in [-0.1, -0.05) is 35.6 Å². The fraction of sp³-hybridized carbons (Fsp3) is 0.333. The quantitative estimate of drug-likeness (QED) is 0.564. The lowest BCUT2D eigenvalue weighted by atomic mass is 10.0. The van der Waals surface area contributed by atoms with Crippen molar-refractivity contribution in [3.8, 4) is 0 Å². The average molecular weight is 401 g/mol. The van der Waals surface area contributed by atoms with E-state index >= 15 is 0 Å². The number of nitro benzene ring substituents is 1. The SMILES string of the molecule is O=[N+]([O-])c1ccc(S(=O)(=O)N2C[C@@H]3CN=NN3C[C@@H]2Cc2ccccc2)cc1. The minimum Gasteiger partial charge on any atom is -0.271 e. The Bertz CT molecular complexity index is 994. The Morgan fingerprint density at radius 1 is 1.07 bits per heavy atom. The molecule has 0 aliphatic carbocycles. The summed E-state index contributed by atoms with van der Waals surface area (Å²) >= 11 is 0. The third-order valence-corrected chi connectivity index (χ3v) is 6.99. The van der Waals surface area contributed by atoms with Gasteiger partial charge in [-0.3, -0.25) is 15.1 Å². The van der Waals surface area contributed by atoms with Gasteiger partial charge >= 0.3 is 0 Å². The van der Waals surface area contributed by atoms with Gasteiger partial charge in [0, 0.05) is 24.7 Å². The molecule has 0 bridgehead atoms. The van der Waals surface area contributed by atoms with E-state index in [1.807, 2.05) is 35.3 Å². The fourth-order valence-electron chi connectivity index (χ4n) is 3.60. The van der Waals surface area contributed by atoms with Crippen LogP contribution in [-0.4, -0.2) is 54.4 Å². The maximum atomic E-state index is 13.3. The van der Waals surface area contributed by atoms with Gasteiger partial charge in [0.2, 0.25) is 10.0 Å². The summed E-state index contributed by atoms with van der Waals surface area (Å²) in [7, 11) is -3.81. The van der Waals surface area contributed by atoms with Crippen molar-refractivity contribution in [1.29, 1.82) is 0 Å². The molecule has 0 N–H and O–H groups in total. The summed E-state index contributed by atoms with van der Waals surface area (Å²) in [5.41, 5.74) is 0.893. The summed E-state index contributed by atoms with van der Waals surface area (Å²) in [5, 5.41) is 20.9. The predicted octanol–water partition coefficient (Wildman–Crippen LogP) is 2.26. The highest BCUT2D eigenvalue weighted by molar-refractivity contribution is 7.89. The Balaban J connectivity index is 1.65. The number of nitrogens with zero attached hydrogens (tertiary/aromatic N) is 5. The molecule has 1 saturated heterocycles. The molecule has 10 heteroatoms. The van der Waals surface area contributed by atoms with Crippen molar-refractivity contribution in [3.05, 3.63) is 70.3 Å². The van der Waals surface area contributed by atoms with Crippen LogP contribution in [0.4, 0.5) is 5.69 Å². The summed E-state index contributed by atoms with van der Waals surface area (Å²) in [4.78, 5) is 10.4. The second kappa shape index (κ2) is 7.28. The van der Waals surface area contributed by atoms with E-state index in [0.717, 1.165) is 5.56 Å². The molecule has 0 saturated carbocycles. The minimum atomic E-state index is -3.81. The topological polar surface area (TPSA) is 108 Å². The van der Waals surface area contributed by atoms with Crippen LogP contribution >= 0.6 is 0 Å². The van der Waals surface area contributed by atoms with Gasteiger partial charge in [-0.05, 0) is 24.1 Å². The number of rotatable bonds is 5. The van der Waals surface area contributed by atoms with Gasteiger partial charge in [-0.2, -0.15) is 9.42 Å². The van der Waals surface area contributed by atoms with E-state index in [2.05, 4.69) is 10.3 Å². The lowest BCUT2D eigenvalue weighted by Gasteiger charge is -2.41. The molecule has 2 aromatic carbocycles. The van der Waals surface area contributed by atoms with Gasteiger partial charge in [0.1, 0.15) is 0 Å². The van der Waals surface area contributed by atoms with Crippen LogP contribution in [0.1, 0.15) is 5.56 Å². The van der Waals surface area contributed by atoms with E-state index in [0.29, 0.717) is 19.5 Å². The molecule has 9 nitrogen and oxygen atoms in total. The van der Waals surface area contributed by atoms with Crippen LogP contribution in [0.25, 0.3) is 0 Å². The van der Waals surface area contributed by atoms with Gasteiger partial charge in [0.15, 0.2) is 0 Å². The van der Waals surface area contributed by atoms with E-state index in [-0.39, 0.29) is 29.2 Å². The molecule has 4 rings (SSSR count). The van der Waals surface area contributed by atoms with Crippen molar-refractivity contribution in [2.24, 2.45) is 10.3 Å². The van der Waals surface area contributed by atoms with Crippen LogP contribution in [0.2, 0.25) is 0 Å². The molecule has 0 aromatic heterocycles. The van der Waals surface area contributed by atoms with E-state index in [1.54, 1.807) is 0 Å². The number of fused-ring (bicyclic) bond motifs is 1. The summed E-state index contributed by atoms with van der Waals surface area (Å²) < 4.78 is 28.2. The monoisotopic (exact) mass is 401 g/mol. The van der Waals surface area contributed by atoms with Crippen molar-refractivity contribution < 1.29 is 13.3 Å². The van der Waals surface area contributed by atoms with Crippen LogP contribution in [0.3, 0.4) is 0 Å². The molecule has 0 radical (unpaired) electrons. The first-order valence-corrected chi connectivity index (χ1v) is 10.3. The van der Waals surface area contributed by atoms with E-state index in [9.17, 15) is 18.5 Å². The number of benzene rings is 2. The summed E-state index contributed by atoms with van der Waals surface area (Å²) in [6.07, 6.45) is 0.547. The molecule has 2 aromatic rings. The standard InChI is InChI=1S/C18H19N5O4S/c24-23(25)15-6-8-18(9-7-15)28(26,27)22-13-17-11-19-20-21(17)12-16(22)10-14-4-2-1-3-5-14/h1-9,16-17H,10-13H2/t16-,17-/m0/s1. The first kappa shape index (κ1) is 18.5. The van der Waals surface area contributed by atoms with E-state index in [4.69, 9.17) is 0 Å². The third kappa shape index (κ3) is 3.48. The second-order valence-electron chi connectivity index (χ2n) is 6.86. The highest BCUT2D eigenvalue weighted by Gasteiger charge is 2.42. The fourth-order valence-corrected chi connectivity index (χ4v) is 5.26. The van der Waals surface area contributed by atoms with Crippen LogP contribution in [-0.2, 0) is 16.4 Å². The van der Waals surface area contributed by atoms with Crippen molar-refractivity contribution in [2.75, 3.05) is 19.6 Å². The van der Waals surface area contributed by atoms with Crippen molar-refractivity contribution >= 4 is 15.7 Å². The number of nitro groups is 1. The predicted molar refractivity (Wildman–Crippen MR) is 101 cm³/mol. The molecular weight excluding hydrogens is 382 g/mol. The molecule has 0 amide bonds. The van der Waals surface area contributed by atoms with Crippen LogP contribution in [0.15, 0.2) is 69.8 Å². The van der Waals surface area contributed by atoms with Gasteiger partial charge in [0.05, 0.1) is 29.0 Å². The first-order valence-electron chi connectivity index (χ1n) is 8.89. The smallest absolute Gasteiger partial charge is 0.269 e. The van der Waals surface area contributed by atoms with E-state index < -0.39 is 14.9 Å². The number of hydrogen-bond donors (Lipinski definition) is 0. The molecule has 2 aliphatic heterocycles. The molecule has 146 valence electrons. The van der Waals surface area contributed by atoms with Crippen LogP contribution < -0.4 is 0 Å². The molecular formula is C18H19N5O4S. The van der Waals surface area contributed by atoms with Crippen LogP contribution in [0, 0.1) is 10.1 Å². The molecule has 0 unspecified atom stereocenters. The zero-order valence-corrected chi connectivity index (χ0v) is 15.8. The van der Waals surface area contributed by atoms with Gasteiger partial charge in [-0.25, -0.2) is 8.42 Å². The Kier molecular flexibility index (Phi) is 4.82. The molecule has 2 heterocycles. The largest absolute Gasteiger partial charge is 0.271 e. The first-order chi connectivity index (χ1) is 13.4. The minimum absolute atomic E-state index is 0.0523. The molecule has 2 aliphatic rings. The lowest BCUT2D eigenvalue weighted by molar-refractivity contribution is -0.384. The Morgan fingerprint density at radius 2 is 1.79 bits per heavy atom. The zero-order chi connectivity index (χ0) is 19.7. The molecule has 28 heavy (non-hydrogen) atoms. The number of hydrogen-bond acceptors (Lipinski definition) is 7. The molecule has 0 spiro atoms. The van der Waals surface area contributed by atoms with Gasteiger partial charge in [-0.15, -0.1) is 0 Å². The zero-order valence-electron chi connectivity index (χ0n) is 15.0. The molecule has 2 atom stereocenters. The third-order valence-electron chi connectivity index (χ3n) is 5.06. The normalized spacial score (nSPS) is 22.2. The number of piperazine rings is 1. The Morgan fingerprint density at radius 3 is 2.46 bits per heavy atom. The van der Waals surface area contributed by atoms with Gasteiger partial charge in [0.25, 0.3) is 5.69 Å². The Labute approximate surface area is 162 Å². The summed E-state index contributed by atoms with van der Waals surface area (Å²) in [6, 6.07) is 14.3. The second-order valence-corrected chi connectivity index (χ2v) is 8.75. The van der Waals surface area contributed by atoms with Crippen molar-refractivity contribution in [2.45, 2.75) is 23.4 Å². The lowest BCUT2D eigenvalue weighted by Crippen LogP contribution is -2.58. The average Bonchev–Trinajstić information content (AvgIpc) is 3.15. The number of sulfonamides is 1. The Hall–Kier alpha value is -2.85. The van der Waals surface area contributed by atoms with Crippen molar-refractivity contribution in [3.63, 3.8) is 0 Å². The maximum absolute atomic E-state index is 13.3. The highest BCUT2D eigenvalue weighted by atomic mass is 32.2. The molecule has 1 fully saturated rings. The maximum Gasteiger partial charge on any atom is 0.269 e. The van der Waals surface area contributed by atoms with Crippen LogP contribution in [0.5, 0.6) is 0 Å². The van der Waals surface area contributed by atoms with Crippen molar-refractivity contribution in [1.82, 2.24) is 9.31 Å². The summed E-state index contributed by atoms with van der Waals surface area (Å²) in [6.45, 7) is 1.20. The van der Waals surface area contributed by atoms with E-state index in [1.165, 1.54) is 28.6 Å². The summed E-state index contributed by atoms with van der Waals surface area (Å²) in [5.74, 6) is 0. The van der Waals surface area contributed by atoms with Gasteiger partial charge < -0.3 is 0 Å². The number of non-ortho nitro benzene ring substituents is 1. The highest BCUT2D eigenvalue weighted by Crippen LogP contribution is 2.29.